The molecule has 1 aliphatic heterocycles. The second-order valence-corrected chi connectivity index (χ2v) is 5.12. The van der Waals surface area contributed by atoms with Gasteiger partial charge in [-0.15, -0.1) is 0 Å². The number of nitrogens with one attached hydrogen (secondary N) is 1. The minimum Gasteiger partial charge on any atom is -0.376 e. The Hall–Kier alpha value is -0.610. The van der Waals surface area contributed by atoms with E-state index < -0.39 is 0 Å². The maximum atomic E-state index is 11.7. The lowest BCUT2D eigenvalue weighted by atomic mass is 10.2. The molecular formula is C12H24N2O2. The fourth-order valence-electron chi connectivity index (χ4n) is 1.75. The number of amides is 1. The summed E-state index contributed by atoms with van der Waals surface area (Å²) in [6.45, 7) is 11.1. The molecule has 0 aromatic heterocycles. The third kappa shape index (κ3) is 4.49. The van der Waals surface area contributed by atoms with Crippen LogP contribution in [-0.2, 0) is 9.53 Å². The highest BCUT2D eigenvalue weighted by Gasteiger charge is 2.24. The molecule has 16 heavy (non-hydrogen) atoms. The van der Waals surface area contributed by atoms with Crippen LogP contribution in [0.3, 0.4) is 0 Å². The normalized spacial score (nSPS) is 27.1. The first-order chi connectivity index (χ1) is 7.49. The van der Waals surface area contributed by atoms with Gasteiger partial charge in [-0.3, -0.25) is 9.69 Å². The highest BCUT2D eigenvalue weighted by atomic mass is 16.5. The molecule has 2 unspecified atom stereocenters. The van der Waals surface area contributed by atoms with Crippen LogP contribution in [0.2, 0.25) is 0 Å². The lowest BCUT2D eigenvalue weighted by Crippen LogP contribution is -2.51. The van der Waals surface area contributed by atoms with Crippen LogP contribution in [0.15, 0.2) is 0 Å². The molecule has 1 amide bonds. The lowest BCUT2D eigenvalue weighted by Gasteiger charge is -2.36. The van der Waals surface area contributed by atoms with Crippen molar-refractivity contribution in [3.8, 4) is 0 Å². The molecule has 1 fully saturated rings. The van der Waals surface area contributed by atoms with E-state index in [1.54, 1.807) is 0 Å². The van der Waals surface area contributed by atoms with Crippen molar-refractivity contribution in [2.24, 2.45) is 5.92 Å². The number of carbonyl (C=O) groups is 1. The van der Waals surface area contributed by atoms with Crippen LogP contribution in [0.1, 0.15) is 27.7 Å². The predicted octanol–water partition coefficient (Wildman–Crippen LogP) is 0.868. The first kappa shape index (κ1) is 13.5. The van der Waals surface area contributed by atoms with Gasteiger partial charge in [0, 0.05) is 19.1 Å². The first-order valence-electron chi connectivity index (χ1n) is 6.11. The van der Waals surface area contributed by atoms with Gasteiger partial charge in [0.15, 0.2) is 0 Å². The average Bonchev–Trinajstić information content (AvgIpc) is 2.20. The summed E-state index contributed by atoms with van der Waals surface area (Å²) in [5, 5.41) is 2.94. The third-order valence-corrected chi connectivity index (χ3v) is 2.79. The largest absolute Gasteiger partial charge is 0.376 e. The summed E-state index contributed by atoms with van der Waals surface area (Å²) in [4.78, 5) is 13.9. The molecule has 0 aromatic rings. The van der Waals surface area contributed by atoms with Crippen LogP contribution < -0.4 is 5.32 Å². The zero-order valence-corrected chi connectivity index (χ0v) is 10.8. The Morgan fingerprint density at radius 1 is 1.50 bits per heavy atom. The molecule has 0 aromatic carbocycles. The molecule has 1 rings (SSSR count). The maximum absolute atomic E-state index is 11.7. The highest BCUT2D eigenvalue weighted by Crippen LogP contribution is 2.10. The molecular weight excluding hydrogens is 204 g/mol. The number of ether oxygens (including phenoxy) is 1. The standard InChI is InChI=1S/C12H24N2O2/c1-9(2)5-13-12(15)7-14-6-11(4)16-8-10(14)3/h9-11H,5-8H2,1-4H3,(H,13,15). The Kier molecular flexibility index (Phi) is 5.22. The van der Waals surface area contributed by atoms with Crippen molar-refractivity contribution in [3.05, 3.63) is 0 Å². The van der Waals surface area contributed by atoms with Crippen LogP contribution in [0.25, 0.3) is 0 Å². The minimum atomic E-state index is 0.120. The number of morpholine rings is 1. The van der Waals surface area contributed by atoms with E-state index >= 15 is 0 Å². The second kappa shape index (κ2) is 6.21. The number of hydrogen-bond acceptors (Lipinski definition) is 3. The van der Waals surface area contributed by atoms with Crippen molar-refractivity contribution in [2.75, 3.05) is 26.2 Å². The van der Waals surface area contributed by atoms with E-state index in [1.165, 1.54) is 0 Å². The smallest absolute Gasteiger partial charge is 0.234 e. The Bertz CT molecular complexity index is 231. The molecule has 0 saturated carbocycles. The zero-order chi connectivity index (χ0) is 12.1. The quantitative estimate of drug-likeness (QED) is 0.776. The first-order valence-corrected chi connectivity index (χ1v) is 6.11. The van der Waals surface area contributed by atoms with Gasteiger partial charge in [-0.2, -0.15) is 0 Å². The lowest BCUT2D eigenvalue weighted by molar-refractivity contribution is -0.126. The number of rotatable bonds is 4. The Morgan fingerprint density at radius 2 is 2.19 bits per heavy atom. The maximum Gasteiger partial charge on any atom is 0.234 e. The van der Waals surface area contributed by atoms with Gasteiger partial charge in [0.05, 0.1) is 19.3 Å². The van der Waals surface area contributed by atoms with Crippen LogP contribution >= 0.6 is 0 Å². The van der Waals surface area contributed by atoms with Crippen LogP contribution in [-0.4, -0.2) is 49.2 Å². The molecule has 0 radical (unpaired) electrons. The Balaban J connectivity index is 2.31. The molecule has 1 saturated heterocycles. The van der Waals surface area contributed by atoms with E-state index in [0.29, 0.717) is 18.5 Å². The minimum absolute atomic E-state index is 0.120. The van der Waals surface area contributed by atoms with Gasteiger partial charge in [-0.25, -0.2) is 0 Å². The van der Waals surface area contributed by atoms with Crippen LogP contribution in [0.4, 0.5) is 0 Å². The Morgan fingerprint density at radius 3 is 2.81 bits per heavy atom. The van der Waals surface area contributed by atoms with Crippen molar-refractivity contribution in [2.45, 2.75) is 39.8 Å². The third-order valence-electron chi connectivity index (χ3n) is 2.79. The summed E-state index contributed by atoms with van der Waals surface area (Å²) in [6, 6.07) is 0.334. The summed E-state index contributed by atoms with van der Waals surface area (Å²) in [7, 11) is 0. The number of hydrogen-bond donors (Lipinski definition) is 1. The Labute approximate surface area is 98.3 Å². The van der Waals surface area contributed by atoms with Crippen molar-refractivity contribution >= 4 is 5.91 Å². The number of nitrogens with zero attached hydrogens (tertiary/aromatic N) is 1. The molecule has 94 valence electrons. The van der Waals surface area contributed by atoms with Gasteiger partial charge in [-0.1, -0.05) is 13.8 Å². The van der Waals surface area contributed by atoms with Gasteiger partial charge in [0.25, 0.3) is 0 Å². The SMILES string of the molecule is CC(C)CNC(=O)CN1CC(C)OCC1C. The molecule has 0 aliphatic carbocycles. The highest BCUT2D eigenvalue weighted by molar-refractivity contribution is 5.78. The average molecular weight is 228 g/mol. The van der Waals surface area contributed by atoms with Crippen molar-refractivity contribution in [1.29, 1.82) is 0 Å². The molecule has 4 nitrogen and oxygen atoms in total. The van der Waals surface area contributed by atoms with Gasteiger partial charge < -0.3 is 10.1 Å². The van der Waals surface area contributed by atoms with Gasteiger partial charge in [0.2, 0.25) is 5.91 Å². The molecule has 0 bridgehead atoms. The van der Waals surface area contributed by atoms with Crippen molar-refractivity contribution < 1.29 is 9.53 Å². The summed E-state index contributed by atoms with van der Waals surface area (Å²) in [6.07, 6.45) is 0.231. The molecule has 2 atom stereocenters. The topological polar surface area (TPSA) is 41.6 Å². The van der Waals surface area contributed by atoms with Crippen molar-refractivity contribution in [3.63, 3.8) is 0 Å². The van der Waals surface area contributed by atoms with Crippen molar-refractivity contribution in [1.82, 2.24) is 10.2 Å². The summed E-state index contributed by atoms with van der Waals surface area (Å²) in [5.74, 6) is 0.625. The second-order valence-electron chi connectivity index (χ2n) is 5.12. The van der Waals surface area contributed by atoms with E-state index in [-0.39, 0.29) is 12.0 Å². The molecule has 1 aliphatic rings. The van der Waals surface area contributed by atoms with Crippen LogP contribution in [0, 0.1) is 5.92 Å². The fraction of sp³-hybridized carbons (Fsp3) is 0.917. The molecule has 4 heteroatoms. The zero-order valence-electron chi connectivity index (χ0n) is 10.8. The van der Waals surface area contributed by atoms with E-state index in [9.17, 15) is 4.79 Å². The van der Waals surface area contributed by atoms with E-state index in [1.807, 2.05) is 6.92 Å². The summed E-state index contributed by atoms with van der Waals surface area (Å²) >= 11 is 0. The van der Waals surface area contributed by atoms with E-state index in [2.05, 4.69) is 31.0 Å². The van der Waals surface area contributed by atoms with Gasteiger partial charge in [-0.05, 0) is 19.8 Å². The fourth-order valence-corrected chi connectivity index (χ4v) is 1.75. The molecule has 1 N–H and O–H groups in total. The van der Waals surface area contributed by atoms with Gasteiger partial charge >= 0.3 is 0 Å². The number of carbonyl (C=O) groups excluding carboxylic acids is 1. The van der Waals surface area contributed by atoms with Gasteiger partial charge in [0.1, 0.15) is 0 Å². The molecule has 0 spiro atoms. The predicted molar refractivity (Wildman–Crippen MR) is 64.3 cm³/mol. The van der Waals surface area contributed by atoms with E-state index in [4.69, 9.17) is 4.74 Å². The summed E-state index contributed by atoms with van der Waals surface area (Å²) in [5.41, 5.74) is 0. The van der Waals surface area contributed by atoms with Crippen LogP contribution in [0.5, 0.6) is 0 Å². The monoisotopic (exact) mass is 228 g/mol. The molecule has 1 heterocycles. The summed E-state index contributed by atoms with van der Waals surface area (Å²) < 4.78 is 5.53. The van der Waals surface area contributed by atoms with E-state index in [0.717, 1.165) is 19.7 Å².